The Labute approximate surface area is 464 Å². The highest BCUT2D eigenvalue weighted by molar-refractivity contribution is 5.99. The maximum Gasteiger partial charge on any atom is 0.245 e. The van der Waals surface area contributed by atoms with Gasteiger partial charge in [0.15, 0.2) is 11.6 Å². The largest absolute Gasteiger partial charge is 0.391 e. The van der Waals surface area contributed by atoms with Gasteiger partial charge >= 0.3 is 0 Å². The van der Waals surface area contributed by atoms with Crippen molar-refractivity contribution in [3.63, 3.8) is 0 Å². The van der Waals surface area contributed by atoms with E-state index in [-0.39, 0.29) is 95.8 Å². The first-order valence-electron chi connectivity index (χ1n) is 27.8. The molecule has 0 spiro atoms. The number of aliphatic hydroxyl groups is 3. The van der Waals surface area contributed by atoms with Crippen LogP contribution in [0.3, 0.4) is 0 Å². The van der Waals surface area contributed by atoms with Gasteiger partial charge in [-0.1, -0.05) is 40.0 Å². The Morgan fingerprint density at radius 3 is 1.62 bits per heavy atom. The molecule has 1 aliphatic rings. The van der Waals surface area contributed by atoms with Crippen LogP contribution in [-0.2, 0) is 52.7 Å². The number of ketones is 3. The van der Waals surface area contributed by atoms with E-state index in [0.29, 0.717) is 6.42 Å². The number of hydrogen-bond donors (Lipinski definition) is 16. The number of unbranched alkanes of at least 4 members (excludes halogenated alkanes) is 3. The average molecular weight is 1130 g/mol. The van der Waals surface area contributed by atoms with E-state index in [1.54, 1.807) is 13.8 Å². The maximum atomic E-state index is 14.4. The van der Waals surface area contributed by atoms with E-state index in [1.165, 1.54) is 20.8 Å². The fourth-order valence-corrected chi connectivity index (χ4v) is 9.03. The molecule has 0 aromatic carbocycles. The van der Waals surface area contributed by atoms with Crippen molar-refractivity contribution in [1.29, 1.82) is 0 Å². The molecule has 8 amide bonds. The Bertz CT molecular complexity index is 1990. The first-order valence-corrected chi connectivity index (χ1v) is 27.8. The van der Waals surface area contributed by atoms with Crippen molar-refractivity contribution in [2.75, 3.05) is 39.3 Å². The number of amides is 8. The number of aliphatic hydroxyl groups excluding tert-OH is 3. The van der Waals surface area contributed by atoms with E-state index >= 15 is 0 Å². The molecule has 1 heterocycles. The van der Waals surface area contributed by atoms with Crippen LogP contribution in [0, 0.1) is 23.7 Å². The van der Waals surface area contributed by atoms with Crippen molar-refractivity contribution in [3.8, 4) is 0 Å². The Morgan fingerprint density at radius 1 is 0.595 bits per heavy atom. The first-order chi connectivity index (χ1) is 37.3. The minimum Gasteiger partial charge on any atom is -0.391 e. The van der Waals surface area contributed by atoms with Gasteiger partial charge in [-0.2, -0.15) is 0 Å². The highest BCUT2D eigenvalue weighted by Gasteiger charge is 2.38. The standard InChI is InChI=1S/C52H95N13O14/c1-7-8-9-10-11-35(69)25-32(12-18-53)46(73)63-42(29(4)66)41(71)26-33(13-19-54)45(72)60-39-17-23-58-51(78)43(30(5)67)65-50(77)38(16-22-57)61-48(75)37(15-21-56)62-52(79)44(31(6)68)64-47(74)34(24-28(2)3)27-40(70)36(14-20-55)59-49(39)76/h28-34,36-39,42-44,66-68H,7-27,53-57H2,1-6H3,(H,58,78)(H,59,76)(H,60,72)(H,61,75)(H,62,79)(H,63,73)(H,64,74)(H,65,77)/t29-,30-,31-,32-,33+,34+,36+,37+,38+,39+,42+,43+,44+/m1/s1. The van der Waals surface area contributed by atoms with Gasteiger partial charge in [0.25, 0.3) is 0 Å². The topological polar surface area (TPSA) is 475 Å². The molecule has 0 unspecified atom stereocenters. The molecule has 0 aliphatic carbocycles. The van der Waals surface area contributed by atoms with Crippen LogP contribution in [0.15, 0.2) is 0 Å². The molecule has 1 rings (SSSR count). The quantitative estimate of drug-likeness (QED) is 0.0314. The predicted molar refractivity (Wildman–Crippen MR) is 292 cm³/mol. The number of nitrogens with two attached hydrogens (primary N) is 5. The van der Waals surface area contributed by atoms with Gasteiger partial charge in [0.1, 0.15) is 42.0 Å². The zero-order valence-corrected chi connectivity index (χ0v) is 47.2. The minimum atomic E-state index is -1.68. The van der Waals surface area contributed by atoms with Crippen LogP contribution in [0.5, 0.6) is 0 Å². The summed E-state index contributed by atoms with van der Waals surface area (Å²) in [6.45, 7) is 8.25. The lowest BCUT2D eigenvalue weighted by Crippen LogP contribution is -2.61. The maximum absolute atomic E-state index is 14.4. The van der Waals surface area contributed by atoms with Gasteiger partial charge in [-0.25, -0.2) is 0 Å². The number of Topliss-reactive ketones (excluding diaryl/α,β-unsaturated/α-hetero) is 3. The van der Waals surface area contributed by atoms with Crippen molar-refractivity contribution >= 4 is 64.6 Å². The van der Waals surface area contributed by atoms with E-state index in [9.17, 15) is 68.1 Å². The molecule has 1 saturated heterocycles. The van der Waals surface area contributed by atoms with E-state index in [0.717, 1.165) is 19.3 Å². The molecule has 27 heteroatoms. The van der Waals surface area contributed by atoms with Crippen LogP contribution < -0.4 is 71.2 Å². The molecule has 0 aromatic rings. The lowest BCUT2D eigenvalue weighted by atomic mass is 9.88. The third kappa shape index (κ3) is 26.1. The van der Waals surface area contributed by atoms with E-state index in [1.807, 2.05) is 6.92 Å². The summed E-state index contributed by atoms with van der Waals surface area (Å²) in [6, 6.07) is -10.8. The van der Waals surface area contributed by atoms with Crippen LogP contribution in [0.1, 0.15) is 138 Å². The first kappa shape index (κ1) is 71.5. The minimum absolute atomic E-state index is 0.0555. The second-order valence-corrected chi connectivity index (χ2v) is 21.0. The molecule has 21 N–H and O–H groups in total. The highest BCUT2D eigenvalue weighted by Crippen LogP contribution is 2.20. The third-order valence-corrected chi connectivity index (χ3v) is 13.5. The summed E-state index contributed by atoms with van der Waals surface area (Å²) in [6.07, 6.45) is -3.06. The van der Waals surface area contributed by atoms with Crippen LogP contribution >= 0.6 is 0 Å². The van der Waals surface area contributed by atoms with Gasteiger partial charge < -0.3 is 86.5 Å². The van der Waals surface area contributed by atoms with Crippen molar-refractivity contribution in [3.05, 3.63) is 0 Å². The summed E-state index contributed by atoms with van der Waals surface area (Å²) < 4.78 is 0. The lowest BCUT2D eigenvalue weighted by molar-refractivity contribution is -0.138. The van der Waals surface area contributed by atoms with Crippen molar-refractivity contribution < 1.29 is 68.1 Å². The van der Waals surface area contributed by atoms with E-state index < -0.39 is 163 Å². The smallest absolute Gasteiger partial charge is 0.245 e. The summed E-state index contributed by atoms with van der Waals surface area (Å²) >= 11 is 0. The summed E-state index contributed by atoms with van der Waals surface area (Å²) in [5, 5.41) is 52.2. The summed E-state index contributed by atoms with van der Waals surface area (Å²) in [5.74, 6) is -12.5. The van der Waals surface area contributed by atoms with Gasteiger partial charge in [-0.05, 0) is 111 Å². The number of carbonyl (C=O) groups excluding carboxylic acids is 11. The molecule has 1 aliphatic heterocycles. The predicted octanol–water partition coefficient (Wildman–Crippen LogP) is -4.47. The van der Waals surface area contributed by atoms with Crippen molar-refractivity contribution in [2.24, 2.45) is 52.3 Å². The van der Waals surface area contributed by atoms with Crippen molar-refractivity contribution in [2.45, 2.75) is 198 Å². The SMILES string of the molecule is CCCCCCC(=O)C[C@@H](CCN)C(=O)N[C@H](C(=O)C[C@H](CCN)C(=O)N[C@H]1CCNC(=O)[C@H]([C@@H](C)O)NC(=O)[C@H](CCN)NC(=O)[C@H](CCN)NC(=O)[C@H]([C@@H](C)O)NC(=O)[C@@H](CC(C)C)CC(=O)[C@H](CCN)NC1=O)[C@@H](C)O. The van der Waals surface area contributed by atoms with Crippen LogP contribution in [-0.4, -0.2) is 180 Å². The van der Waals surface area contributed by atoms with Gasteiger partial charge in [0.05, 0.1) is 24.4 Å². The van der Waals surface area contributed by atoms with Crippen molar-refractivity contribution in [1.82, 2.24) is 42.5 Å². The molecule has 0 aromatic heterocycles. The Hall–Kier alpha value is -5.55. The molecule has 452 valence electrons. The normalized spacial score (nSPS) is 24.0. The van der Waals surface area contributed by atoms with Gasteiger partial charge in [-0.15, -0.1) is 0 Å². The third-order valence-electron chi connectivity index (χ3n) is 13.5. The number of hydrogen-bond acceptors (Lipinski definition) is 19. The Balaban J connectivity index is 3.82. The van der Waals surface area contributed by atoms with Gasteiger partial charge in [0.2, 0.25) is 47.3 Å². The molecule has 0 bridgehead atoms. The molecule has 13 atom stereocenters. The fraction of sp³-hybridized carbons (Fsp3) is 0.788. The molecule has 0 radical (unpaired) electrons. The summed E-state index contributed by atoms with van der Waals surface area (Å²) in [4.78, 5) is 152. The highest BCUT2D eigenvalue weighted by atomic mass is 16.3. The number of carbonyl (C=O) groups is 11. The molecule has 27 nitrogen and oxygen atoms in total. The zero-order valence-electron chi connectivity index (χ0n) is 47.2. The monoisotopic (exact) mass is 1130 g/mol. The summed E-state index contributed by atoms with van der Waals surface area (Å²) in [7, 11) is 0. The second-order valence-electron chi connectivity index (χ2n) is 21.0. The number of nitrogens with one attached hydrogen (secondary N) is 8. The van der Waals surface area contributed by atoms with Crippen LogP contribution in [0.4, 0.5) is 0 Å². The van der Waals surface area contributed by atoms with E-state index in [2.05, 4.69) is 42.5 Å². The lowest BCUT2D eigenvalue weighted by Gasteiger charge is -2.28. The van der Waals surface area contributed by atoms with Gasteiger partial charge in [-0.3, -0.25) is 52.7 Å². The second kappa shape index (κ2) is 38.2. The molecular formula is C52H95N13O14. The molecule has 79 heavy (non-hydrogen) atoms. The molecular weight excluding hydrogens is 1030 g/mol. The average Bonchev–Trinajstić information content (AvgIpc) is 3.37. The Morgan fingerprint density at radius 2 is 1.10 bits per heavy atom. The molecule has 1 fully saturated rings. The van der Waals surface area contributed by atoms with Crippen LogP contribution in [0.25, 0.3) is 0 Å². The van der Waals surface area contributed by atoms with Crippen LogP contribution in [0.2, 0.25) is 0 Å². The molecule has 0 saturated carbocycles. The summed E-state index contributed by atoms with van der Waals surface area (Å²) in [5.41, 5.74) is 29.2. The zero-order chi connectivity index (χ0) is 59.9. The van der Waals surface area contributed by atoms with E-state index in [4.69, 9.17) is 28.7 Å². The number of rotatable bonds is 29. The van der Waals surface area contributed by atoms with Gasteiger partial charge in [0, 0.05) is 50.0 Å². The fourth-order valence-electron chi connectivity index (χ4n) is 9.03. The Kier molecular flexibility index (Phi) is 34.5.